The molecule has 1 aromatic heterocycles. The molecule has 0 aliphatic carbocycles. The fourth-order valence-electron chi connectivity index (χ4n) is 2.28. The van der Waals surface area contributed by atoms with E-state index >= 15 is 0 Å². The van der Waals surface area contributed by atoms with E-state index in [4.69, 9.17) is 11.6 Å². The Morgan fingerprint density at radius 1 is 1.15 bits per heavy atom. The third-order valence-corrected chi connectivity index (χ3v) is 4.02. The maximum Gasteiger partial charge on any atom is 0.106 e. The third-order valence-electron chi connectivity index (χ3n) is 3.32. The van der Waals surface area contributed by atoms with Gasteiger partial charge in [-0.3, -0.25) is 0 Å². The highest BCUT2D eigenvalue weighted by atomic mass is 79.9. The standard InChI is InChI=1S/C16H18BrClN2/c1-20(2)15(12-6-8-13(18)9-7-12)11-10-14-4-3-5-16(17)19-14/h3-9,15H,10-11H2,1-2H3. The Hall–Kier alpha value is -0.900. The van der Waals surface area contributed by atoms with Gasteiger partial charge in [-0.15, -0.1) is 0 Å². The molecule has 1 unspecified atom stereocenters. The van der Waals surface area contributed by atoms with Gasteiger partial charge in [-0.2, -0.15) is 0 Å². The molecule has 4 heteroatoms. The van der Waals surface area contributed by atoms with Crippen LogP contribution in [-0.2, 0) is 6.42 Å². The zero-order chi connectivity index (χ0) is 14.5. The lowest BCUT2D eigenvalue weighted by Gasteiger charge is -2.24. The molecule has 0 aliphatic heterocycles. The van der Waals surface area contributed by atoms with E-state index in [2.05, 4.69) is 58.1 Å². The number of pyridine rings is 1. The van der Waals surface area contributed by atoms with Crippen LogP contribution in [0.3, 0.4) is 0 Å². The second-order valence-electron chi connectivity index (χ2n) is 5.02. The zero-order valence-corrected chi connectivity index (χ0v) is 14.0. The van der Waals surface area contributed by atoms with Crippen LogP contribution in [0.5, 0.6) is 0 Å². The molecule has 0 fully saturated rings. The maximum absolute atomic E-state index is 5.96. The molecule has 0 bridgehead atoms. The van der Waals surface area contributed by atoms with Crippen molar-refractivity contribution in [2.75, 3.05) is 14.1 Å². The molecular weight excluding hydrogens is 336 g/mol. The molecule has 1 atom stereocenters. The van der Waals surface area contributed by atoms with Gasteiger partial charge >= 0.3 is 0 Å². The van der Waals surface area contributed by atoms with Gasteiger partial charge in [-0.05, 0) is 72.7 Å². The summed E-state index contributed by atoms with van der Waals surface area (Å²) in [7, 11) is 4.21. The summed E-state index contributed by atoms with van der Waals surface area (Å²) in [4.78, 5) is 6.73. The summed E-state index contributed by atoms with van der Waals surface area (Å²) in [5.74, 6) is 0. The van der Waals surface area contributed by atoms with Crippen LogP contribution < -0.4 is 0 Å². The first-order valence-electron chi connectivity index (χ1n) is 6.59. The van der Waals surface area contributed by atoms with Gasteiger partial charge in [0, 0.05) is 16.8 Å². The minimum absolute atomic E-state index is 0.369. The highest BCUT2D eigenvalue weighted by Gasteiger charge is 2.14. The topological polar surface area (TPSA) is 16.1 Å². The summed E-state index contributed by atoms with van der Waals surface area (Å²) >= 11 is 9.37. The van der Waals surface area contributed by atoms with Gasteiger partial charge in [0.1, 0.15) is 4.60 Å². The van der Waals surface area contributed by atoms with E-state index in [0.717, 1.165) is 28.2 Å². The molecular formula is C16H18BrClN2. The Balaban J connectivity index is 2.08. The summed E-state index contributed by atoms with van der Waals surface area (Å²) in [5.41, 5.74) is 2.40. The Kier molecular flexibility index (Phi) is 5.58. The fourth-order valence-corrected chi connectivity index (χ4v) is 2.79. The molecule has 0 spiro atoms. The number of rotatable bonds is 5. The molecule has 20 heavy (non-hydrogen) atoms. The Labute approximate surface area is 133 Å². The van der Waals surface area contributed by atoms with Crippen molar-refractivity contribution >= 4 is 27.5 Å². The molecule has 0 radical (unpaired) electrons. The smallest absolute Gasteiger partial charge is 0.106 e. The molecule has 0 saturated carbocycles. The van der Waals surface area contributed by atoms with Gasteiger partial charge in [0.2, 0.25) is 0 Å². The summed E-state index contributed by atoms with van der Waals surface area (Å²) < 4.78 is 0.892. The molecule has 0 aliphatic rings. The van der Waals surface area contributed by atoms with Crippen molar-refractivity contribution < 1.29 is 0 Å². The van der Waals surface area contributed by atoms with Crippen LogP contribution in [0.1, 0.15) is 23.7 Å². The molecule has 0 saturated heterocycles. The van der Waals surface area contributed by atoms with Crippen molar-refractivity contribution in [1.29, 1.82) is 0 Å². The SMILES string of the molecule is CN(C)C(CCc1cccc(Br)n1)c1ccc(Cl)cc1. The van der Waals surface area contributed by atoms with Gasteiger partial charge in [0.15, 0.2) is 0 Å². The number of nitrogens with zero attached hydrogens (tertiary/aromatic N) is 2. The summed E-state index contributed by atoms with van der Waals surface area (Å²) in [6.45, 7) is 0. The number of hydrogen-bond donors (Lipinski definition) is 0. The number of aromatic nitrogens is 1. The van der Waals surface area contributed by atoms with Crippen LogP contribution in [0, 0.1) is 0 Å². The van der Waals surface area contributed by atoms with E-state index in [9.17, 15) is 0 Å². The number of aryl methyl sites for hydroxylation is 1. The summed E-state index contributed by atoms with van der Waals surface area (Å²) in [6, 6.07) is 14.5. The number of halogens is 2. The average Bonchev–Trinajstić information content (AvgIpc) is 2.41. The molecule has 0 amide bonds. The van der Waals surface area contributed by atoms with Crippen molar-refractivity contribution in [2.24, 2.45) is 0 Å². The lowest BCUT2D eigenvalue weighted by Crippen LogP contribution is -2.20. The van der Waals surface area contributed by atoms with Gasteiger partial charge in [-0.1, -0.05) is 29.8 Å². The highest BCUT2D eigenvalue weighted by Crippen LogP contribution is 2.25. The van der Waals surface area contributed by atoms with Gasteiger partial charge in [0.25, 0.3) is 0 Å². The Bertz CT molecular complexity index is 555. The number of benzene rings is 1. The van der Waals surface area contributed by atoms with Crippen LogP contribution in [0.25, 0.3) is 0 Å². The maximum atomic E-state index is 5.96. The average molecular weight is 354 g/mol. The second-order valence-corrected chi connectivity index (χ2v) is 6.27. The van der Waals surface area contributed by atoms with Crippen LogP contribution in [-0.4, -0.2) is 24.0 Å². The van der Waals surface area contributed by atoms with Crippen LogP contribution in [0.4, 0.5) is 0 Å². The lowest BCUT2D eigenvalue weighted by atomic mass is 10.00. The van der Waals surface area contributed by atoms with Crippen molar-refractivity contribution in [3.63, 3.8) is 0 Å². The van der Waals surface area contributed by atoms with Crippen molar-refractivity contribution in [3.8, 4) is 0 Å². The van der Waals surface area contributed by atoms with Gasteiger partial charge in [0.05, 0.1) is 0 Å². The zero-order valence-electron chi connectivity index (χ0n) is 11.7. The molecule has 2 rings (SSSR count). The molecule has 0 N–H and O–H groups in total. The van der Waals surface area contributed by atoms with Crippen LogP contribution in [0.2, 0.25) is 5.02 Å². The number of hydrogen-bond acceptors (Lipinski definition) is 2. The minimum atomic E-state index is 0.369. The van der Waals surface area contributed by atoms with Gasteiger partial charge in [-0.25, -0.2) is 4.98 Å². The first-order valence-corrected chi connectivity index (χ1v) is 7.76. The summed E-state index contributed by atoms with van der Waals surface area (Å²) in [5, 5.41) is 0.778. The van der Waals surface area contributed by atoms with Gasteiger partial charge < -0.3 is 4.90 Å². The lowest BCUT2D eigenvalue weighted by molar-refractivity contribution is 0.283. The second kappa shape index (κ2) is 7.21. The fraction of sp³-hybridized carbons (Fsp3) is 0.312. The molecule has 2 aromatic rings. The predicted octanol–water partition coefficient (Wildman–Crippen LogP) is 4.73. The molecule has 2 nitrogen and oxygen atoms in total. The largest absolute Gasteiger partial charge is 0.302 e. The van der Waals surface area contributed by atoms with E-state index in [1.807, 2.05) is 24.3 Å². The summed E-state index contributed by atoms with van der Waals surface area (Å²) in [6.07, 6.45) is 1.98. The predicted molar refractivity (Wildman–Crippen MR) is 88.1 cm³/mol. The quantitative estimate of drug-likeness (QED) is 0.722. The van der Waals surface area contributed by atoms with Crippen molar-refractivity contribution in [1.82, 2.24) is 9.88 Å². The van der Waals surface area contributed by atoms with Crippen LogP contribution in [0.15, 0.2) is 47.1 Å². The molecule has 106 valence electrons. The van der Waals surface area contributed by atoms with E-state index < -0.39 is 0 Å². The Morgan fingerprint density at radius 3 is 2.45 bits per heavy atom. The van der Waals surface area contributed by atoms with Crippen LogP contribution >= 0.6 is 27.5 Å². The third kappa shape index (κ3) is 4.30. The van der Waals surface area contributed by atoms with E-state index in [1.54, 1.807) is 0 Å². The highest BCUT2D eigenvalue weighted by molar-refractivity contribution is 9.10. The Morgan fingerprint density at radius 2 is 1.85 bits per heavy atom. The molecule has 1 heterocycles. The monoisotopic (exact) mass is 352 g/mol. The van der Waals surface area contributed by atoms with Crippen molar-refractivity contribution in [3.05, 3.63) is 63.3 Å². The molecule has 1 aromatic carbocycles. The minimum Gasteiger partial charge on any atom is -0.302 e. The normalized spacial score (nSPS) is 12.7. The van der Waals surface area contributed by atoms with Crippen molar-refractivity contribution in [2.45, 2.75) is 18.9 Å². The first kappa shape index (κ1) is 15.5. The van der Waals surface area contributed by atoms with E-state index in [1.165, 1.54) is 5.56 Å². The first-order chi connectivity index (χ1) is 9.56. The van der Waals surface area contributed by atoms with E-state index in [0.29, 0.717) is 6.04 Å². The van der Waals surface area contributed by atoms with E-state index in [-0.39, 0.29) is 0 Å².